The van der Waals surface area contributed by atoms with Crippen LogP contribution in [-0.4, -0.2) is 38.1 Å². The van der Waals surface area contributed by atoms with Crippen LogP contribution in [0.5, 0.6) is 0 Å². The van der Waals surface area contributed by atoms with E-state index in [-0.39, 0.29) is 11.9 Å². The zero-order chi connectivity index (χ0) is 12.6. The molecule has 3 nitrogen and oxygen atoms in total. The summed E-state index contributed by atoms with van der Waals surface area (Å²) in [5, 5.41) is 0. The molecule has 0 saturated heterocycles. The van der Waals surface area contributed by atoms with Crippen molar-refractivity contribution in [3.05, 3.63) is 0 Å². The summed E-state index contributed by atoms with van der Waals surface area (Å²) in [6, 6.07) is 0. The van der Waals surface area contributed by atoms with Crippen LogP contribution in [0.15, 0.2) is 0 Å². The Morgan fingerprint density at radius 3 is 2.44 bits per heavy atom. The number of carbonyl (C=O) groups excluding carboxylic acids is 1. The van der Waals surface area contributed by atoms with E-state index in [1.54, 1.807) is 0 Å². The summed E-state index contributed by atoms with van der Waals surface area (Å²) in [5.41, 5.74) is 0. The van der Waals surface area contributed by atoms with Gasteiger partial charge in [0.1, 0.15) is 0 Å². The first-order valence-electron chi connectivity index (χ1n) is 6.27. The minimum Gasteiger partial charge on any atom is -0.469 e. The molecule has 0 aromatic carbocycles. The van der Waals surface area contributed by atoms with Crippen molar-refractivity contribution in [3.63, 3.8) is 0 Å². The van der Waals surface area contributed by atoms with E-state index in [0.717, 1.165) is 25.4 Å². The Bertz CT molecular complexity index is 192. The zero-order valence-electron chi connectivity index (χ0n) is 11.5. The predicted molar refractivity (Wildman–Crippen MR) is 67.4 cm³/mol. The Kier molecular flexibility index (Phi) is 8.26. The Hall–Kier alpha value is -0.570. The summed E-state index contributed by atoms with van der Waals surface area (Å²) in [7, 11) is 3.54. The summed E-state index contributed by atoms with van der Waals surface area (Å²) < 4.78 is 4.78. The summed E-state index contributed by atoms with van der Waals surface area (Å²) >= 11 is 0. The number of esters is 1. The molecule has 0 aliphatic rings. The van der Waals surface area contributed by atoms with Crippen molar-refractivity contribution in [2.24, 2.45) is 11.8 Å². The maximum atomic E-state index is 11.4. The van der Waals surface area contributed by atoms with E-state index < -0.39 is 0 Å². The van der Waals surface area contributed by atoms with E-state index >= 15 is 0 Å². The van der Waals surface area contributed by atoms with Gasteiger partial charge in [0.25, 0.3) is 0 Å². The molecule has 0 N–H and O–H groups in total. The molecule has 0 aliphatic heterocycles. The first-order valence-corrected chi connectivity index (χ1v) is 6.27. The van der Waals surface area contributed by atoms with Crippen LogP contribution in [0, 0.1) is 11.8 Å². The molecule has 0 bridgehead atoms. The Morgan fingerprint density at radius 2 is 2.00 bits per heavy atom. The van der Waals surface area contributed by atoms with Crippen molar-refractivity contribution in [2.45, 2.75) is 40.0 Å². The van der Waals surface area contributed by atoms with Gasteiger partial charge in [0.2, 0.25) is 0 Å². The van der Waals surface area contributed by atoms with E-state index in [2.05, 4.69) is 25.8 Å². The molecular weight excluding hydrogens is 202 g/mol. The highest BCUT2D eigenvalue weighted by Gasteiger charge is 2.18. The predicted octanol–water partition coefficient (Wildman–Crippen LogP) is 2.55. The van der Waals surface area contributed by atoms with Crippen molar-refractivity contribution >= 4 is 5.97 Å². The lowest BCUT2D eigenvalue weighted by Crippen LogP contribution is -2.31. The quantitative estimate of drug-likeness (QED) is 0.599. The van der Waals surface area contributed by atoms with Gasteiger partial charge in [-0.2, -0.15) is 0 Å². The van der Waals surface area contributed by atoms with Gasteiger partial charge in [-0.15, -0.1) is 0 Å². The molecule has 1 atom stereocenters. The molecular formula is C13H27NO2. The normalized spacial score (nSPS) is 13.2. The van der Waals surface area contributed by atoms with Crippen LogP contribution in [0.4, 0.5) is 0 Å². The van der Waals surface area contributed by atoms with Gasteiger partial charge in [0, 0.05) is 6.54 Å². The second-order valence-electron chi connectivity index (χ2n) is 4.93. The van der Waals surface area contributed by atoms with Gasteiger partial charge in [-0.25, -0.2) is 0 Å². The average Bonchev–Trinajstić information content (AvgIpc) is 2.24. The average molecular weight is 229 g/mol. The second kappa shape index (κ2) is 8.57. The molecule has 0 aromatic rings. The van der Waals surface area contributed by atoms with Crippen LogP contribution in [0.1, 0.15) is 40.0 Å². The number of ether oxygens (including phenoxy) is 1. The van der Waals surface area contributed by atoms with E-state index in [1.807, 2.05) is 6.92 Å². The molecule has 1 unspecified atom stereocenters. The molecule has 0 rings (SSSR count). The number of methoxy groups -OCH3 is 1. The van der Waals surface area contributed by atoms with Gasteiger partial charge in [-0.1, -0.05) is 20.8 Å². The molecule has 0 heterocycles. The molecule has 0 radical (unpaired) electrons. The van der Waals surface area contributed by atoms with Crippen molar-refractivity contribution in [3.8, 4) is 0 Å². The lowest BCUT2D eigenvalue weighted by Gasteiger charge is -2.21. The smallest absolute Gasteiger partial charge is 0.309 e. The van der Waals surface area contributed by atoms with Crippen LogP contribution in [0.25, 0.3) is 0 Å². The van der Waals surface area contributed by atoms with Crippen LogP contribution in [0.2, 0.25) is 0 Å². The van der Waals surface area contributed by atoms with Crippen LogP contribution >= 0.6 is 0 Å². The van der Waals surface area contributed by atoms with Gasteiger partial charge in [-0.05, 0) is 38.8 Å². The molecule has 96 valence electrons. The van der Waals surface area contributed by atoms with E-state index in [0.29, 0.717) is 0 Å². The Morgan fingerprint density at radius 1 is 1.38 bits per heavy atom. The van der Waals surface area contributed by atoms with Crippen LogP contribution in [0.3, 0.4) is 0 Å². The fourth-order valence-electron chi connectivity index (χ4n) is 1.77. The lowest BCUT2D eigenvalue weighted by atomic mass is 10.1. The maximum Gasteiger partial charge on any atom is 0.309 e. The minimum absolute atomic E-state index is 0.0223. The number of hydrogen-bond acceptors (Lipinski definition) is 3. The summed E-state index contributed by atoms with van der Waals surface area (Å²) in [6.45, 7) is 8.38. The van der Waals surface area contributed by atoms with Gasteiger partial charge < -0.3 is 9.64 Å². The molecule has 0 saturated carbocycles. The van der Waals surface area contributed by atoms with Crippen molar-refractivity contribution in [1.29, 1.82) is 0 Å². The monoisotopic (exact) mass is 229 g/mol. The molecule has 0 aliphatic carbocycles. The first kappa shape index (κ1) is 15.4. The Balaban J connectivity index is 3.82. The van der Waals surface area contributed by atoms with Crippen molar-refractivity contribution in [1.82, 2.24) is 4.90 Å². The summed E-state index contributed by atoms with van der Waals surface area (Å²) in [4.78, 5) is 13.6. The molecule has 0 spiro atoms. The van der Waals surface area contributed by atoms with Crippen LogP contribution in [-0.2, 0) is 9.53 Å². The van der Waals surface area contributed by atoms with Crippen LogP contribution < -0.4 is 0 Å². The highest BCUT2D eigenvalue weighted by atomic mass is 16.5. The van der Waals surface area contributed by atoms with Gasteiger partial charge in [-0.3, -0.25) is 4.79 Å². The first-order chi connectivity index (χ1) is 7.51. The van der Waals surface area contributed by atoms with Gasteiger partial charge in [0.05, 0.1) is 13.0 Å². The van der Waals surface area contributed by atoms with Gasteiger partial charge in [0.15, 0.2) is 0 Å². The summed E-state index contributed by atoms with van der Waals surface area (Å²) in [5.74, 6) is 0.697. The summed E-state index contributed by atoms with van der Waals surface area (Å²) in [6.07, 6.45) is 3.30. The van der Waals surface area contributed by atoms with Crippen molar-refractivity contribution < 1.29 is 9.53 Å². The molecule has 0 fully saturated rings. The largest absolute Gasteiger partial charge is 0.469 e. The topological polar surface area (TPSA) is 29.5 Å². The van der Waals surface area contributed by atoms with E-state index in [1.165, 1.54) is 20.0 Å². The van der Waals surface area contributed by atoms with E-state index in [4.69, 9.17) is 4.74 Å². The fourth-order valence-corrected chi connectivity index (χ4v) is 1.77. The fraction of sp³-hybridized carbons (Fsp3) is 0.923. The minimum atomic E-state index is -0.0850. The Labute approximate surface area is 100 Å². The number of nitrogens with zero attached hydrogens (tertiary/aromatic N) is 1. The number of hydrogen-bond donors (Lipinski definition) is 0. The SMILES string of the molecule is CCC(CN(C)CCCC(C)C)C(=O)OC. The molecule has 0 aromatic heterocycles. The number of rotatable bonds is 8. The molecule has 16 heavy (non-hydrogen) atoms. The number of carbonyl (C=O) groups is 1. The maximum absolute atomic E-state index is 11.4. The van der Waals surface area contributed by atoms with E-state index in [9.17, 15) is 4.79 Å². The van der Waals surface area contributed by atoms with Crippen molar-refractivity contribution in [2.75, 3.05) is 27.2 Å². The highest BCUT2D eigenvalue weighted by Crippen LogP contribution is 2.09. The van der Waals surface area contributed by atoms with Gasteiger partial charge >= 0.3 is 5.97 Å². The zero-order valence-corrected chi connectivity index (χ0v) is 11.5. The third-order valence-electron chi connectivity index (χ3n) is 2.88. The molecule has 3 heteroatoms. The lowest BCUT2D eigenvalue weighted by molar-refractivity contribution is -0.146. The standard InChI is InChI=1S/C13H27NO2/c1-6-12(13(15)16-5)10-14(4)9-7-8-11(2)3/h11-12H,6-10H2,1-5H3. The third-order valence-corrected chi connectivity index (χ3v) is 2.88. The second-order valence-corrected chi connectivity index (χ2v) is 4.93. The molecule has 0 amide bonds. The third kappa shape index (κ3) is 6.83. The highest BCUT2D eigenvalue weighted by molar-refractivity contribution is 5.72.